The third-order valence-corrected chi connectivity index (χ3v) is 6.01. The van der Waals surface area contributed by atoms with E-state index in [0.717, 1.165) is 43.5 Å². The first-order valence-electron chi connectivity index (χ1n) is 11.0. The Morgan fingerprint density at radius 2 is 1.84 bits per heavy atom. The first-order valence-corrected chi connectivity index (χ1v) is 11.0. The summed E-state index contributed by atoms with van der Waals surface area (Å²) in [5.74, 6) is 0.526. The number of rotatable bonds is 6. The summed E-state index contributed by atoms with van der Waals surface area (Å²) in [7, 11) is 3.36. The van der Waals surface area contributed by atoms with Crippen molar-refractivity contribution in [3.05, 3.63) is 53.3 Å². The maximum Gasteiger partial charge on any atom is 0.271 e. The molecule has 164 valence electrons. The largest absolute Gasteiger partial charge is 0.369 e. The molecule has 1 aromatic carbocycles. The second kappa shape index (κ2) is 9.06. The smallest absolute Gasteiger partial charge is 0.271 e. The van der Waals surface area contributed by atoms with Gasteiger partial charge >= 0.3 is 0 Å². The average Bonchev–Trinajstić information content (AvgIpc) is 3.57. The van der Waals surface area contributed by atoms with Crippen LogP contribution in [0.1, 0.15) is 39.4 Å². The molecule has 2 aromatic rings. The molecule has 0 bridgehead atoms. The fourth-order valence-corrected chi connectivity index (χ4v) is 3.98. The van der Waals surface area contributed by atoms with Crippen LogP contribution in [0.3, 0.4) is 0 Å². The monoisotopic (exact) mass is 421 g/mol. The SMILES string of the molecule is Cc1nc(C(=O)N(C)C)ccc1C(=O)Nc1cccc(N2CCN(CC3CC3)CC2)c1. The van der Waals surface area contributed by atoms with Gasteiger partial charge in [-0.15, -0.1) is 0 Å². The Labute approximate surface area is 184 Å². The summed E-state index contributed by atoms with van der Waals surface area (Å²) >= 11 is 0. The number of aromatic nitrogens is 1. The third kappa shape index (κ3) is 5.22. The lowest BCUT2D eigenvalue weighted by Crippen LogP contribution is -2.47. The number of anilines is 2. The Balaban J connectivity index is 1.39. The summed E-state index contributed by atoms with van der Waals surface area (Å²) in [5, 5.41) is 2.98. The zero-order chi connectivity index (χ0) is 22.0. The fraction of sp³-hybridized carbons (Fsp3) is 0.458. The van der Waals surface area contributed by atoms with Crippen LogP contribution < -0.4 is 10.2 Å². The molecule has 2 heterocycles. The molecular formula is C24H31N5O2. The molecule has 2 aliphatic rings. The van der Waals surface area contributed by atoms with Crippen LogP contribution in [-0.2, 0) is 0 Å². The number of amides is 2. The minimum absolute atomic E-state index is 0.181. The Morgan fingerprint density at radius 1 is 1.10 bits per heavy atom. The Hall–Kier alpha value is -2.93. The van der Waals surface area contributed by atoms with E-state index in [0.29, 0.717) is 17.0 Å². The molecule has 31 heavy (non-hydrogen) atoms. The summed E-state index contributed by atoms with van der Waals surface area (Å²) < 4.78 is 0. The highest BCUT2D eigenvalue weighted by atomic mass is 16.2. The lowest BCUT2D eigenvalue weighted by atomic mass is 10.1. The highest BCUT2D eigenvalue weighted by Crippen LogP contribution is 2.30. The maximum absolute atomic E-state index is 12.8. The van der Waals surface area contributed by atoms with Crippen LogP contribution in [0.15, 0.2) is 36.4 Å². The Morgan fingerprint density at radius 3 is 2.48 bits per heavy atom. The van der Waals surface area contributed by atoms with E-state index in [4.69, 9.17) is 0 Å². The summed E-state index contributed by atoms with van der Waals surface area (Å²) in [4.78, 5) is 35.6. The van der Waals surface area contributed by atoms with E-state index in [1.807, 2.05) is 18.2 Å². The number of hydrogen-bond donors (Lipinski definition) is 1. The van der Waals surface area contributed by atoms with E-state index in [1.54, 1.807) is 33.2 Å². The Kier molecular flexibility index (Phi) is 6.23. The molecule has 4 rings (SSSR count). The number of aryl methyl sites for hydroxylation is 1. The van der Waals surface area contributed by atoms with Crippen molar-refractivity contribution >= 4 is 23.2 Å². The Bertz CT molecular complexity index is 962. The molecule has 1 saturated carbocycles. The second-order valence-corrected chi connectivity index (χ2v) is 8.76. The van der Waals surface area contributed by atoms with Gasteiger partial charge in [-0.05, 0) is 56.0 Å². The predicted octanol–water partition coefficient (Wildman–Crippen LogP) is 2.88. The van der Waals surface area contributed by atoms with E-state index in [1.165, 1.54) is 24.3 Å². The van der Waals surface area contributed by atoms with Crippen molar-refractivity contribution in [2.75, 3.05) is 57.0 Å². The number of hydrogen-bond acceptors (Lipinski definition) is 5. The van der Waals surface area contributed by atoms with Crippen molar-refractivity contribution in [3.63, 3.8) is 0 Å². The van der Waals surface area contributed by atoms with Gasteiger partial charge in [0, 0.05) is 58.2 Å². The van der Waals surface area contributed by atoms with E-state index in [-0.39, 0.29) is 11.8 Å². The van der Waals surface area contributed by atoms with Crippen LogP contribution in [0.4, 0.5) is 11.4 Å². The summed E-state index contributed by atoms with van der Waals surface area (Å²) in [5.41, 5.74) is 3.23. The lowest BCUT2D eigenvalue weighted by molar-refractivity contribution is 0.0821. The summed E-state index contributed by atoms with van der Waals surface area (Å²) in [6.07, 6.45) is 2.79. The van der Waals surface area contributed by atoms with E-state index in [9.17, 15) is 9.59 Å². The molecule has 1 saturated heterocycles. The van der Waals surface area contributed by atoms with Gasteiger partial charge in [-0.2, -0.15) is 0 Å². The number of nitrogens with one attached hydrogen (secondary N) is 1. The van der Waals surface area contributed by atoms with Crippen LogP contribution in [-0.4, -0.2) is 73.4 Å². The van der Waals surface area contributed by atoms with Gasteiger partial charge in [0.2, 0.25) is 0 Å². The summed E-state index contributed by atoms with van der Waals surface area (Å²) in [6.45, 7) is 7.20. The molecular weight excluding hydrogens is 390 g/mol. The normalized spacial score (nSPS) is 16.8. The predicted molar refractivity (Wildman–Crippen MR) is 123 cm³/mol. The van der Waals surface area contributed by atoms with Gasteiger partial charge in [0.05, 0.1) is 11.3 Å². The molecule has 2 amide bonds. The molecule has 0 atom stereocenters. The zero-order valence-corrected chi connectivity index (χ0v) is 18.6. The van der Waals surface area contributed by atoms with E-state index in [2.05, 4.69) is 26.2 Å². The molecule has 0 unspecified atom stereocenters. The number of nitrogens with zero attached hydrogens (tertiary/aromatic N) is 4. The van der Waals surface area contributed by atoms with Crippen LogP contribution in [0.5, 0.6) is 0 Å². The van der Waals surface area contributed by atoms with Gasteiger partial charge in [0.1, 0.15) is 5.69 Å². The minimum atomic E-state index is -0.222. The van der Waals surface area contributed by atoms with Gasteiger partial charge in [0.25, 0.3) is 11.8 Å². The quantitative estimate of drug-likeness (QED) is 0.777. The molecule has 1 aliphatic heterocycles. The highest BCUT2D eigenvalue weighted by molar-refractivity contribution is 6.05. The van der Waals surface area contributed by atoms with Gasteiger partial charge < -0.3 is 15.1 Å². The molecule has 1 aromatic heterocycles. The van der Waals surface area contributed by atoms with Crippen molar-refractivity contribution in [2.24, 2.45) is 5.92 Å². The van der Waals surface area contributed by atoms with Gasteiger partial charge in [-0.25, -0.2) is 4.98 Å². The molecule has 7 nitrogen and oxygen atoms in total. The molecule has 1 aliphatic carbocycles. The average molecular weight is 422 g/mol. The highest BCUT2D eigenvalue weighted by Gasteiger charge is 2.26. The van der Waals surface area contributed by atoms with Gasteiger partial charge in [-0.3, -0.25) is 14.5 Å². The zero-order valence-electron chi connectivity index (χ0n) is 18.6. The van der Waals surface area contributed by atoms with Crippen LogP contribution in [0, 0.1) is 12.8 Å². The third-order valence-electron chi connectivity index (χ3n) is 6.01. The summed E-state index contributed by atoms with van der Waals surface area (Å²) in [6, 6.07) is 11.3. The molecule has 0 radical (unpaired) electrons. The number of carbonyl (C=O) groups excluding carboxylic acids is 2. The first kappa shape index (κ1) is 21.3. The van der Waals surface area contributed by atoms with Crippen molar-refractivity contribution < 1.29 is 9.59 Å². The standard InChI is InChI=1S/C24H31N5O2/c1-17-21(9-10-22(25-17)24(31)27(2)3)23(30)26-19-5-4-6-20(15-19)29-13-11-28(12-14-29)16-18-7-8-18/h4-6,9-10,15,18H,7-8,11-14,16H2,1-3H3,(H,26,30). The van der Waals surface area contributed by atoms with E-state index >= 15 is 0 Å². The topological polar surface area (TPSA) is 68.8 Å². The van der Waals surface area contributed by atoms with Crippen molar-refractivity contribution in [3.8, 4) is 0 Å². The van der Waals surface area contributed by atoms with E-state index < -0.39 is 0 Å². The lowest BCUT2D eigenvalue weighted by Gasteiger charge is -2.36. The second-order valence-electron chi connectivity index (χ2n) is 8.76. The van der Waals surface area contributed by atoms with Crippen molar-refractivity contribution in [2.45, 2.75) is 19.8 Å². The number of pyridine rings is 1. The van der Waals surface area contributed by atoms with Crippen molar-refractivity contribution in [1.29, 1.82) is 0 Å². The number of carbonyl (C=O) groups is 2. The molecule has 7 heteroatoms. The van der Waals surface area contributed by atoms with Crippen LogP contribution in [0.2, 0.25) is 0 Å². The molecule has 1 N–H and O–H groups in total. The van der Waals surface area contributed by atoms with Crippen LogP contribution >= 0.6 is 0 Å². The van der Waals surface area contributed by atoms with Crippen molar-refractivity contribution in [1.82, 2.24) is 14.8 Å². The number of piperazine rings is 1. The first-order chi connectivity index (χ1) is 14.9. The van der Waals surface area contributed by atoms with Gasteiger partial charge in [0.15, 0.2) is 0 Å². The van der Waals surface area contributed by atoms with Crippen LogP contribution in [0.25, 0.3) is 0 Å². The van der Waals surface area contributed by atoms with Gasteiger partial charge in [-0.1, -0.05) is 6.07 Å². The maximum atomic E-state index is 12.8. The minimum Gasteiger partial charge on any atom is -0.369 e. The number of benzene rings is 1. The fourth-order valence-electron chi connectivity index (χ4n) is 3.98. The molecule has 2 fully saturated rings. The molecule has 0 spiro atoms.